The fourth-order valence-electron chi connectivity index (χ4n) is 2.84. The first-order chi connectivity index (χ1) is 14.0. The number of ketones is 2. The lowest BCUT2D eigenvalue weighted by Gasteiger charge is -2.19. The van der Waals surface area contributed by atoms with Crippen molar-refractivity contribution < 1.29 is 14.4 Å². The second kappa shape index (κ2) is 7.65. The number of Topliss-reactive ketones (excluding diaryl/α,β-unsaturated/α-hetero) is 2. The van der Waals surface area contributed by atoms with Crippen LogP contribution in [0, 0.1) is 0 Å². The Hall–Kier alpha value is -3.84. The molecule has 4 rings (SSSR count). The van der Waals surface area contributed by atoms with Crippen LogP contribution < -0.4 is 10.6 Å². The van der Waals surface area contributed by atoms with E-state index in [9.17, 15) is 14.4 Å². The van der Waals surface area contributed by atoms with Gasteiger partial charge in [0, 0.05) is 34.8 Å². The second-order valence-electron chi connectivity index (χ2n) is 6.12. The van der Waals surface area contributed by atoms with Crippen LogP contribution in [0.4, 0.5) is 11.6 Å². The average molecular weight is 405 g/mol. The molecule has 1 aliphatic rings. The lowest BCUT2D eigenvalue weighted by Crippen LogP contribution is -2.24. The maximum Gasteiger partial charge on any atom is 0.258 e. The summed E-state index contributed by atoms with van der Waals surface area (Å²) in [6.45, 7) is 0. The van der Waals surface area contributed by atoms with Gasteiger partial charge in [-0.05, 0) is 30.3 Å². The Morgan fingerprint density at radius 3 is 2.10 bits per heavy atom. The van der Waals surface area contributed by atoms with Gasteiger partial charge in [0.05, 0.1) is 0 Å². The highest BCUT2D eigenvalue weighted by Gasteiger charge is 2.31. The van der Waals surface area contributed by atoms with Crippen molar-refractivity contribution in [2.45, 2.75) is 0 Å². The fourth-order valence-corrected chi connectivity index (χ4v) is 3.08. The molecule has 3 aromatic rings. The Bertz CT molecular complexity index is 1160. The first-order valence-corrected chi connectivity index (χ1v) is 8.96. The third-order valence-corrected chi connectivity index (χ3v) is 4.63. The van der Waals surface area contributed by atoms with E-state index in [4.69, 9.17) is 11.6 Å². The highest BCUT2D eigenvalue weighted by molar-refractivity contribution is 6.50. The molecule has 0 unspecified atom stereocenters. The third-order valence-electron chi connectivity index (χ3n) is 4.27. The van der Waals surface area contributed by atoms with E-state index in [0.29, 0.717) is 16.8 Å². The second-order valence-corrected chi connectivity index (χ2v) is 6.50. The van der Waals surface area contributed by atoms with Gasteiger partial charge in [-0.1, -0.05) is 35.9 Å². The minimum atomic E-state index is -0.414. The molecular weight excluding hydrogens is 392 g/mol. The van der Waals surface area contributed by atoms with Crippen LogP contribution in [0.5, 0.6) is 0 Å². The van der Waals surface area contributed by atoms with Crippen molar-refractivity contribution in [2.75, 3.05) is 10.6 Å². The Labute approximate surface area is 170 Å². The molecule has 1 aliphatic carbocycles. The van der Waals surface area contributed by atoms with Gasteiger partial charge in [-0.3, -0.25) is 19.7 Å². The predicted molar refractivity (Wildman–Crippen MR) is 108 cm³/mol. The number of allylic oxidation sites excluding steroid dienone is 2. The number of hydrogen-bond acceptors (Lipinski definition) is 6. The summed E-state index contributed by atoms with van der Waals surface area (Å²) in [4.78, 5) is 45.3. The Morgan fingerprint density at radius 1 is 0.828 bits per heavy atom. The van der Waals surface area contributed by atoms with E-state index in [1.807, 2.05) is 0 Å². The molecule has 0 saturated heterocycles. The molecule has 0 atom stereocenters. The summed E-state index contributed by atoms with van der Waals surface area (Å²) in [7, 11) is 0. The number of amides is 1. The van der Waals surface area contributed by atoms with Crippen LogP contribution in [-0.2, 0) is 0 Å². The van der Waals surface area contributed by atoms with Gasteiger partial charge in [-0.25, -0.2) is 9.97 Å². The summed E-state index contributed by atoms with van der Waals surface area (Å²) in [6, 6.07) is 14.5. The highest BCUT2D eigenvalue weighted by atomic mass is 35.5. The smallest absolute Gasteiger partial charge is 0.258 e. The van der Waals surface area contributed by atoms with Crippen molar-refractivity contribution in [3.63, 3.8) is 0 Å². The molecule has 0 spiro atoms. The Balaban J connectivity index is 1.53. The van der Waals surface area contributed by atoms with E-state index in [2.05, 4.69) is 20.6 Å². The zero-order valence-electron chi connectivity index (χ0n) is 14.8. The number of rotatable bonds is 4. The summed E-state index contributed by atoms with van der Waals surface area (Å²) < 4.78 is 0. The normalized spacial score (nSPS) is 13.1. The van der Waals surface area contributed by atoms with E-state index in [1.54, 1.807) is 54.6 Å². The number of aromatic nitrogens is 2. The van der Waals surface area contributed by atoms with Crippen molar-refractivity contribution in [2.24, 2.45) is 0 Å². The van der Waals surface area contributed by atoms with Gasteiger partial charge in [-0.2, -0.15) is 0 Å². The molecular formula is C21H13ClN4O3. The number of benzene rings is 2. The van der Waals surface area contributed by atoms with E-state index < -0.39 is 5.78 Å². The summed E-state index contributed by atoms with van der Waals surface area (Å²) >= 11 is 6.15. The van der Waals surface area contributed by atoms with Crippen LogP contribution in [0.3, 0.4) is 0 Å². The molecule has 0 fully saturated rings. The molecule has 0 radical (unpaired) electrons. The Morgan fingerprint density at radius 2 is 1.45 bits per heavy atom. The van der Waals surface area contributed by atoms with Gasteiger partial charge in [0.2, 0.25) is 17.5 Å². The molecule has 1 heterocycles. The first kappa shape index (κ1) is 18.5. The topological polar surface area (TPSA) is 101 Å². The van der Waals surface area contributed by atoms with Gasteiger partial charge < -0.3 is 5.32 Å². The van der Waals surface area contributed by atoms with Gasteiger partial charge in [0.25, 0.3) is 5.91 Å². The first-order valence-electron chi connectivity index (χ1n) is 8.58. The number of anilines is 2. The number of nitrogens with one attached hydrogen (secondary N) is 2. The van der Waals surface area contributed by atoms with Gasteiger partial charge in [0.15, 0.2) is 0 Å². The molecule has 1 aromatic heterocycles. The van der Waals surface area contributed by atoms with Crippen molar-refractivity contribution in [1.82, 2.24) is 9.97 Å². The molecule has 2 N–H and O–H groups in total. The molecule has 2 aromatic carbocycles. The van der Waals surface area contributed by atoms with Crippen LogP contribution in [0.25, 0.3) is 0 Å². The maximum atomic E-state index is 12.7. The summed E-state index contributed by atoms with van der Waals surface area (Å²) in [5.74, 6) is -0.962. The summed E-state index contributed by atoms with van der Waals surface area (Å²) in [5, 5.41) is 5.30. The SMILES string of the molecule is O=C(Nc1ncccn1)c1ccc(NC2=C(Cl)C(=O)c3ccccc3C2=O)cc1. The molecule has 0 aliphatic heterocycles. The van der Waals surface area contributed by atoms with Crippen molar-refractivity contribution >= 4 is 40.7 Å². The van der Waals surface area contributed by atoms with Gasteiger partial charge >= 0.3 is 0 Å². The average Bonchev–Trinajstić information content (AvgIpc) is 2.76. The quantitative estimate of drug-likeness (QED) is 0.688. The van der Waals surface area contributed by atoms with Crippen LogP contribution in [0.15, 0.2) is 77.7 Å². The minimum Gasteiger partial charge on any atom is -0.351 e. The van der Waals surface area contributed by atoms with Crippen LogP contribution in [0.2, 0.25) is 0 Å². The molecule has 0 bridgehead atoms. The third kappa shape index (κ3) is 3.63. The molecule has 0 saturated carbocycles. The molecule has 8 heteroatoms. The lowest BCUT2D eigenvalue weighted by atomic mass is 9.92. The van der Waals surface area contributed by atoms with Crippen molar-refractivity contribution in [1.29, 1.82) is 0 Å². The van der Waals surface area contributed by atoms with Crippen LogP contribution in [0.1, 0.15) is 31.1 Å². The van der Waals surface area contributed by atoms with E-state index >= 15 is 0 Å². The number of carbonyl (C=O) groups excluding carboxylic acids is 3. The number of halogens is 1. The molecule has 142 valence electrons. The number of hydrogen-bond donors (Lipinski definition) is 2. The number of nitrogens with zero attached hydrogens (tertiary/aromatic N) is 2. The lowest BCUT2D eigenvalue weighted by molar-refractivity contribution is 0.0982. The number of carbonyl (C=O) groups is 3. The minimum absolute atomic E-state index is 0.00486. The summed E-state index contributed by atoms with van der Waals surface area (Å²) in [5.41, 5.74) is 1.46. The van der Waals surface area contributed by atoms with Gasteiger partial charge in [0.1, 0.15) is 10.7 Å². The Kier molecular flexibility index (Phi) is 4.88. The fraction of sp³-hybridized carbons (Fsp3) is 0. The molecule has 1 amide bonds. The molecule has 7 nitrogen and oxygen atoms in total. The molecule has 29 heavy (non-hydrogen) atoms. The zero-order chi connectivity index (χ0) is 20.4. The maximum absolute atomic E-state index is 12.7. The van der Waals surface area contributed by atoms with E-state index in [1.165, 1.54) is 12.4 Å². The summed E-state index contributed by atoms with van der Waals surface area (Å²) in [6.07, 6.45) is 3.04. The van der Waals surface area contributed by atoms with Crippen molar-refractivity contribution in [3.05, 3.63) is 94.4 Å². The van der Waals surface area contributed by atoms with E-state index in [-0.39, 0.29) is 33.9 Å². The van der Waals surface area contributed by atoms with Crippen LogP contribution in [-0.4, -0.2) is 27.4 Å². The van der Waals surface area contributed by atoms with Crippen LogP contribution >= 0.6 is 11.6 Å². The van der Waals surface area contributed by atoms with E-state index in [0.717, 1.165) is 0 Å². The monoisotopic (exact) mass is 404 g/mol. The highest BCUT2D eigenvalue weighted by Crippen LogP contribution is 2.29. The zero-order valence-corrected chi connectivity index (χ0v) is 15.6. The van der Waals surface area contributed by atoms with Crippen molar-refractivity contribution in [3.8, 4) is 0 Å². The predicted octanol–water partition coefficient (Wildman–Crippen LogP) is 3.67. The van der Waals surface area contributed by atoms with Gasteiger partial charge in [-0.15, -0.1) is 0 Å². The standard InChI is InChI=1S/C21H13ClN4O3/c22-16-17(19(28)15-5-2-1-4-14(15)18(16)27)25-13-8-6-12(7-9-13)20(29)26-21-23-10-3-11-24-21/h1-11,25H,(H,23,24,26,29). The number of fused-ring (bicyclic) bond motifs is 1. The largest absolute Gasteiger partial charge is 0.351 e.